The predicted molar refractivity (Wildman–Crippen MR) is 108 cm³/mol. The standard InChI is InChI=1S/C24H24F2N2/c1-18-10-12-19(13-11-18)16-27-14-15-28(17-20-6-2-4-8-22(20)25)24(27)21-7-3-5-9-23(21)26/h2-13,24H,14-17H2,1H3. The molecular weight excluding hydrogens is 354 g/mol. The number of hydrogen-bond donors (Lipinski definition) is 0. The van der Waals surface area contributed by atoms with Crippen molar-refractivity contribution in [3.63, 3.8) is 0 Å². The van der Waals surface area contributed by atoms with Crippen LogP contribution >= 0.6 is 0 Å². The van der Waals surface area contributed by atoms with Gasteiger partial charge in [0.1, 0.15) is 11.6 Å². The Bertz CT molecular complexity index is 939. The molecule has 1 unspecified atom stereocenters. The summed E-state index contributed by atoms with van der Waals surface area (Å²) in [7, 11) is 0. The van der Waals surface area contributed by atoms with Crippen molar-refractivity contribution in [1.82, 2.24) is 9.80 Å². The van der Waals surface area contributed by atoms with Gasteiger partial charge < -0.3 is 0 Å². The van der Waals surface area contributed by atoms with Crippen LogP contribution in [-0.2, 0) is 13.1 Å². The third kappa shape index (κ3) is 3.98. The molecule has 0 aliphatic carbocycles. The zero-order valence-electron chi connectivity index (χ0n) is 16.0. The van der Waals surface area contributed by atoms with Gasteiger partial charge in [-0.1, -0.05) is 66.2 Å². The Kier molecular flexibility index (Phi) is 5.51. The molecule has 1 heterocycles. The van der Waals surface area contributed by atoms with Crippen molar-refractivity contribution >= 4 is 0 Å². The average molecular weight is 378 g/mol. The molecule has 4 heteroatoms. The Balaban J connectivity index is 1.64. The molecule has 1 fully saturated rings. The lowest BCUT2D eigenvalue weighted by Gasteiger charge is -2.31. The highest BCUT2D eigenvalue weighted by molar-refractivity contribution is 5.25. The highest BCUT2D eigenvalue weighted by Gasteiger charge is 2.35. The van der Waals surface area contributed by atoms with Crippen molar-refractivity contribution in [2.75, 3.05) is 13.1 Å². The van der Waals surface area contributed by atoms with Crippen LogP contribution in [0.2, 0.25) is 0 Å². The van der Waals surface area contributed by atoms with Gasteiger partial charge in [-0.3, -0.25) is 9.80 Å². The Morgan fingerprint density at radius 1 is 0.750 bits per heavy atom. The molecule has 0 radical (unpaired) electrons. The van der Waals surface area contributed by atoms with Crippen LogP contribution in [-0.4, -0.2) is 22.9 Å². The summed E-state index contributed by atoms with van der Waals surface area (Å²) in [4.78, 5) is 4.43. The second-order valence-electron chi connectivity index (χ2n) is 7.41. The molecule has 1 saturated heterocycles. The summed E-state index contributed by atoms with van der Waals surface area (Å²) in [6.07, 6.45) is -0.220. The van der Waals surface area contributed by atoms with Gasteiger partial charge in [-0.2, -0.15) is 0 Å². The van der Waals surface area contributed by atoms with E-state index in [1.807, 2.05) is 18.2 Å². The summed E-state index contributed by atoms with van der Waals surface area (Å²) >= 11 is 0. The minimum Gasteiger partial charge on any atom is -0.278 e. The van der Waals surface area contributed by atoms with Crippen LogP contribution in [0.15, 0.2) is 72.8 Å². The minimum absolute atomic E-state index is 0.216. The monoisotopic (exact) mass is 378 g/mol. The van der Waals surface area contributed by atoms with Crippen molar-refractivity contribution in [1.29, 1.82) is 0 Å². The number of rotatable bonds is 5. The molecule has 0 amide bonds. The second-order valence-corrected chi connectivity index (χ2v) is 7.41. The fourth-order valence-corrected chi connectivity index (χ4v) is 3.91. The smallest absolute Gasteiger partial charge is 0.129 e. The van der Waals surface area contributed by atoms with Crippen LogP contribution in [0.4, 0.5) is 8.78 Å². The largest absolute Gasteiger partial charge is 0.278 e. The zero-order chi connectivity index (χ0) is 19.5. The van der Waals surface area contributed by atoms with Crippen molar-refractivity contribution in [2.45, 2.75) is 26.2 Å². The van der Waals surface area contributed by atoms with Crippen LogP contribution in [0.25, 0.3) is 0 Å². The summed E-state index contributed by atoms with van der Waals surface area (Å²) in [5.74, 6) is -0.436. The number of hydrogen-bond acceptors (Lipinski definition) is 2. The summed E-state index contributed by atoms with van der Waals surface area (Å²) in [5, 5.41) is 0. The first kappa shape index (κ1) is 18.8. The average Bonchev–Trinajstić information content (AvgIpc) is 3.08. The number of benzene rings is 3. The van der Waals surface area contributed by atoms with Crippen LogP contribution in [0, 0.1) is 18.6 Å². The summed E-state index contributed by atoms with van der Waals surface area (Å²) in [6.45, 7) is 4.82. The molecule has 3 aromatic rings. The van der Waals surface area contributed by atoms with Gasteiger partial charge in [-0.05, 0) is 24.6 Å². The molecule has 3 aromatic carbocycles. The molecule has 4 rings (SSSR count). The van der Waals surface area contributed by atoms with Crippen molar-refractivity contribution in [3.05, 3.63) is 107 Å². The fourth-order valence-electron chi connectivity index (χ4n) is 3.91. The summed E-state index contributed by atoms with van der Waals surface area (Å²) in [5.41, 5.74) is 3.70. The third-order valence-electron chi connectivity index (χ3n) is 5.39. The summed E-state index contributed by atoms with van der Waals surface area (Å²) < 4.78 is 28.9. The summed E-state index contributed by atoms with van der Waals surface area (Å²) in [6, 6.07) is 22.2. The maximum Gasteiger partial charge on any atom is 0.129 e. The van der Waals surface area contributed by atoms with Crippen LogP contribution < -0.4 is 0 Å². The number of halogens is 2. The molecule has 144 valence electrons. The molecular formula is C24H24F2N2. The Morgan fingerprint density at radius 2 is 1.36 bits per heavy atom. The fraction of sp³-hybridized carbons (Fsp3) is 0.250. The molecule has 0 aromatic heterocycles. The molecule has 1 aliphatic rings. The molecule has 1 aliphatic heterocycles. The van der Waals surface area contributed by atoms with E-state index in [0.717, 1.165) is 19.6 Å². The van der Waals surface area contributed by atoms with Gasteiger partial charge in [0.2, 0.25) is 0 Å². The van der Waals surface area contributed by atoms with Gasteiger partial charge >= 0.3 is 0 Å². The predicted octanol–water partition coefficient (Wildman–Crippen LogP) is 5.29. The molecule has 0 N–H and O–H groups in total. The van der Waals surface area contributed by atoms with Crippen molar-refractivity contribution in [3.8, 4) is 0 Å². The Morgan fingerprint density at radius 3 is 2.04 bits per heavy atom. The second kappa shape index (κ2) is 8.21. The molecule has 0 spiro atoms. The van der Waals surface area contributed by atoms with Gasteiger partial charge in [0.25, 0.3) is 0 Å². The highest BCUT2D eigenvalue weighted by atomic mass is 19.1. The van der Waals surface area contributed by atoms with Gasteiger partial charge in [-0.25, -0.2) is 8.78 Å². The molecule has 2 nitrogen and oxygen atoms in total. The maximum atomic E-state index is 14.7. The van der Waals surface area contributed by atoms with E-state index in [4.69, 9.17) is 0 Å². The van der Waals surface area contributed by atoms with E-state index >= 15 is 0 Å². The topological polar surface area (TPSA) is 6.48 Å². The zero-order valence-corrected chi connectivity index (χ0v) is 16.0. The van der Waals surface area contributed by atoms with Crippen LogP contribution in [0.3, 0.4) is 0 Å². The first-order valence-corrected chi connectivity index (χ1v) is 9.63. The molecule has 1 atom stereocenters. The van der Waals surface area contributed by atoms with E-state index in [-0.39, 0.29) is 17.8 Å². The number of aryl methyl sites for hydroxylation is 1. The van der Waals surface area contributed by atoms with E-state index in [9.17, 15) is 8.78 Å². The van der Waals surface area contributed by atoms with Crippen molar-refractivity contribution in [2.24, 2.45) is 0 Å². The van der Waals surface area contributed by atoms with E-state index in [1.54, 1.807) is 18.2 Å². The maximum absolute atomic E-state index is 14.7. The normalized spacial score (nSPS) is 17.9. The molecule has 0 bridgehead atoms. The van der Waals surface area contributed by atoms with Gasteiger partial charge in [0.05, 0.1) is 6.17 Å². The highest BCUT2D eigenvalue weighted by Crippen LogP contribution is 2.34. The molecule has 0 saturated carbocycles. The van der Waals surface area contributed by atoms with Crippen LogP contribution in [0.1, 0.15) is 28.4 Å². The van der Waals surface area contributed by atoms with Gasteiger partial charge in [0, 0.05) is 37.3 Å². The lowest BCUT2D eigenvalue weighted by atomic mass is 10.1. The van der Waals surface area contributed by atoms with E-state index < -0.39 is 0 Å². The van der Waals surface area contributed by atoms with E-state index in [1.165, 1.54) is 23.3 Å². The minimum atomic E-state index is -0.221. The van der Waals surface area contributed by atoms with Gasteiger partial charge in [-0.15, -0.1) is 0 Å². The Hall–Kier alpha value is -2.56. The Labute approximate surface area is 165 Å². The first-order chi connectivity index (χ1) is 13.6. The van der Waals surface area contributed by atoms with Crippen molar-refractivity contribution < 1.29 is 8.78 Å². The first-order valence-electron chi connectivity index (χ1n) is 9.63. The van der Waals surface area contributed by atoms with Crippen LogP contribution in [0.5, 0.6) is 0 Å². The number of nitrogens with zero attached hydrogens (tertiary/aromatic N) is 2. The third-order valence-corrected chi connectivity index (χ3v) is 5.39. The SMILES string of the molecule is Cc1ccc(CN2CCN(Cc3ccccc3F)C2c2ccccc2F)cc1. The van der Waals surface area contributed by atoms with Gasteiger partial charge in [0.15, 0.2) is 0 Å². The molecule has 28 heavy (non-hydrogen) atoms. The quantitative estimate of drug-likeness (QED) is 0.595. The lowest BCUT2D eigenvalue weighted by molar-refractivity contribution is 0.121. The lowest BCUT2D eigenvalue weighted by Crippen LogP contribution is -2.31. The van der Waals surface area contributed by atoms with E-state index in [2.05, 4.69) is 41.0 Å². The van der Waals surface area contributed by atoms with E-state index in [0.29, 0.717) is 17.7 Å².